The molecule has 0 spiro atoms. The van der Waals surface area contributed by atoms with E-state index in [1.54, 1.807) is 49.4 Å². The number of nitrogens with zero attached hydrogens (tertiary/aromatic N) is 1. The number of ether oxygens (including phenoxy) is 1. The Bertz CT molecular complexity index is 929. The molecule has 0 saturated carbocycles. The summed E-state index contributed by atoms with van der Waals surface area (Å²) >= 11 is 7.35. The standard InChI is InChI=1S/C17H13ClN2O3.Ti/c1-9-13-7-6-12(23-11-4-2-10(18)3-5-11)8-14(13)16(21)15(20-9)17(19)22;/h2-8H,1H3,(H3,19,21,22);/q;+1/p-1. The summed E-state index contributed by atoms with van der Waals surface area (Å²) < 4.78 is 8.24. The van der Waals surface area contributed by atoms with E-state index >= 15 is 0 Å². The van der Waals surface area contributed by atoms with Crippen molar-refractivity contribution < 1.29 is 35.3 Å². The van der Waals surface area contributed by atoms with Gasteiger partial charge in [-0.1, -0.05) is 11.6 Å². The Kier molecular flexibility index (Phi) is 4.76. The van der Waals surface area contributed by atoms with Gasteiger partial charge in [0.05, 0.1) is 0 Å². The molecule has 0 aliphatic rings. The molecule has 5 nitrogen and oxygen atoms in total. The third kappa shape index (κ3) is 3.24. The van der Waals surface area contributed by atoms with Gasteiger partial charge in [0.15, 0.2) is 0 Å². The zero-order chi connectivity index (χ0) is 17.3. The SMILES string of the molecule is Cc1nc(C(=O)[NH][Ti])c(O)c2cc(Oc3ccc(Cl)cc3)ccc12. The van der Waals surface area contributed by atoms with E-state index in [1.807, 2.05) is 0 Å². The number of aromatic hydroxyl groups is 1. The fraction of sp³-hybridized carbons (Fsp3) is 0.0588. The number of hydrogen-bond donors (Lipinski definition) is 2. The molecule has 3 aromatic rings. The number of carbonyl (C=O) groups is 1. The Labute approximate surface area is 155 Å². The van der Waals surface area contributed by atoms with Gasteiger partial charge in [-0.3, -0.25) is 0 Å². The molecule has 0 radical (unpaired) electrons. The topological polar surface area (TPSA) is 71.5 Å². The van der Waals surface area contributed by atoms with Crippen molar-refractivity contribution >= 4 is 28.3 Å². The Hall–Kier alpha value is -2.08. The van der Waals surface area contributed by atoms with Crippen LogP contribution in [0.4, 0.5) is 0 Å². The van der Waals surface area contributed by atoms with Crippen molar-refractivity contribution in [2.45, 2.75) is 6.92 Å². The zero-order valence-electron chi connectivity index (χ0n) is 12.6. The van der Waals surface area contributed by atoms with Crippen LogP contribution in [-0.4, -0.2) is 16.0 Å². The molecule has 24 heavy (non-hydrogen) atoms. The normalized spacial score (nSPS) is 10.5. The molecular formula is C17H12ClN2O3Ti. The molecule has 0 saturated heterocycles. The summed E-state index contributed by atoms with van der Waals surface area (Å²) in [6.07, 6.45) is 0. The predicted octanol–water partition coefficient (Wildman–Crippen LogP) is 3.89. The Morgan fingerprint density at radius 3 is 2.50 bits per heavy atom. The molecule has 0 bridgehead atoms. The summed E-state index contributed by atoms with van der Waals surface area (Å²) in [5, 5.41) is 12.3. The average Bonchev–Trinajstić information content (AvgIpc) is 2.59. The van der Waals surface area contributed by atoms with E-state index in [1.165, 1.54) is 20.7 Å². The second-order valence-electron chi connectivity index (χ2n) is 5.11. The van der Waals surface area contributed by atoms with Crippen molar-refractivity contribution in [1.29, 1.82) is 0 Å². The van der Waals surface area contributed by atoms with E-state index in [0.717, 1.165) is 5.39 Å². The summed E-state index contributed by atoms with van der Waals surface area (Å²) in [7, 11) is 0. The third-order valence-electron chi connectivity index (χ3n) is 3.52. The molecule has 1 amide bonds. The van der Waals surface area contributed by atoms with Gasteiger partial charge in [0.1, 0.15) is 0 Å². The first-order valence-corrected chi connectivity index (χ1v) is 8.19. The van der Waals surface area contributed by atoms with Crippen molar-refractivity contribution in [3.05, 3.63) is 58.9 Å². The van der Waals surface area contributed by atoms with Crippen molar-refractivity contribution in [1.82, 2.24) is 8.78 Å². The number of benzene rings is 2. The minimum atomic E-state index is -0.443. The summed E-state index contributed by atoms with van der Waals surface area (Å²) in [4.78, 5) is 16.0. The molecule has 0 unspecified atom stereocenters. The van der Waals surface area contributed by atoms with Crippen molar-refractivity contribution in [3.63, 3.8) is 0 Å². The number of fused-ring (bicyclic) bond motifs is 1. The van der Waals surface area contributed by atoms with Gasteiger partial charge in [-0.2, -0.15) is 0 Å². The number of pyridine rings is 1. The van der Waals surface area contributed by atoms with E-state index in [-0.39, 0.29) is 11.4 Å². The molecular weight excluding hydrogens is 364 g/mol. The first kappa shape index (κ1) is 16.8. The van der Waals surface area contributed by atoms with Gasteiger partial charge in [-0.25, -0.2) is 0 Å². The number of aryl methyl sites for hydroxylation is 1. The van der Waals surface area contributed by atoms with Crippen LogP contribution >= 0.6 is 11.6 Å². The van der Waals surface area contributed by atoms with Crippen LogP contribution in [0.3, 0.4) is 0 Å². The van der Waals surface area contributed by atoms with E-state index in [0.29, 0.717) is 27.6 Å². The van der Waals surface area contributed by atoms with Crippen molar-refractivity contribution in [2.75, 3.05) is 0 Å². The molecule has 2 N–H and O–H groups in total. The predicted molar refractivity (Wildman–Crippen MR) is 87.1 cm³/mol. The monoisotopic (exact) mass is 375 g/mol. The van der Waals surface area contributed by atoms with Crippen LogP contribution in [0.25, 0.3) is 10.8 Å². The Balaban J connectivity index is 2.07. The molecule has 1 aromatic heterocycles. The molecule has 0 aliphatic heterocycles. The van der Waals surface area contributed by atoms with Crippen LogP contribution < -0.4 is 8.54 Å². The van der Waals surface area contributed by atoms with Gasteiger partial charge in [-0.15, -0.1) is 0 Å². The van der Waals surface area contributed by atoms with Crippen LogP contribution in [0.2, 0.25) is 5.02 Å². The molecule has 0 aliphatic carbocycles. The zero-order valence-corrected chi connectivity index (χ0v) is 14.9. The molecule has 2 aromatic carbocycles. The number of aromatic nitrogens is 1. The number of carbonyl (C=O) groups excluding carboxylic acids is 1. The molecule has 0 fully saturated rings. The van der Waals surface area contributed by atoms with Gasteiger partial charge in [-0.05, 0) is 0 Å². The summed E-state index contributed by atoms with van der Waals surface area (Å²) in [6, 6.07) is 12.2. The Morgan fingerprint density at radius 1 is 1.17 bits per heavy atom. The molecule has 119 valence electrons. The van der Waals surface area contributed by atoms with Gasteiger partial charge < -0.3 is 0 Å². The van der Waals surface area contributed by atoms with Gasteiger partial charge in [0.25, 0.3) is 0 Å². The van der Waals surface area contributed by atoms with Crippen molar-refractivity contribution in [3.8, 4) is 17.2 Å². The van der Waals surface area contributed by atoms with Crippen LogP contribution in [0.15, 0.2) is 42.5 Å². The molecule has 7 heteroatoms. The summed E-state index contributed by atoms with van der Waals surface area (Å²) in [5.41, 5.74) is 0.644. The second-order valence-corrected chi connectivity index (χ2v) is 5.94. The molecule has 1 heterocycles. The number of amides is 1. The van der Waals surface area contributed by atoms with E-state index < -0.39 is 5.91 Å². The third-order valence-corrected chi connectivity index (χ3v) is 4.12. The maximum atomic E-state index is 11.9. The Morgan fingerprint density at radius 2 is 1.83 bits per heavy atom. The summed E-state index contributed by atoms with van der Waals surface area (Å²) in [5.74, 6) is 0.544. The van der Waals surface area contributed by atoms with Gasteiger partial charge >= 0.3 is 144 Å². The number of halogens is 1. The van der Waals surface area contributed by atoms with Crippen molar-refractivity contribution in [2.24, 2.45) is 0 Å². The second kappa shape index (κ2) is 6.81. The fourth-order valence-corrected chi connectivity index (χ4v) is 2.67. The van der Waals surface area contributed by atoms with E-state index in [2.05, 4.69) is 8.78 Å². The summed E-state index contributed by atoms with van der Waals surface area (Å²) in [6.45, 7) is 1.79. The quantitative estimate of drug-likeness (QED) is 0.681. The first-order valence-electron chi connectivity index (χ1n) is 7.03. The average molecular weight is 376 g/mol. The van der Waals surface area contributed by atoms with Crippen LogP contribution in [-0.2, 0) is 20.7 Å². The number of hydrogen-bond acceptors (Lipinski definition) is 4. The van der Waals surface area contributed by atoms with Gasteiger partial charge in [0, 0.05) is 0 Å². The number of rotatable bonds is 3. The maximum absolute atomic E-state index is 11.9. The minimum absolute atomic E-state index is 0.00820. The van der Waals surface area contributed by atoms with Crippen LogP contribution in [0.5, 0.6) is 17.2 Å². The first-order chi connectivity index (χ1) is 11.5. The molecule has 0 atom stereocenters. The van der Waals surface area contributed by atoms with Crippen LogP contribution in [0, 0.1) is 6.92 Å². The van der Waals surface area contributed by atoms with Crippen LogP contribution in [0.1, 0.15) is 16.2 Å². The van der Waals surface area contributed by atoms with E-state index in [4.69, 9.17) is 16.3 Å². The number of nitrogens with one attached hydrogen (secondary N) is 1. The van der Waals surface area contributed by atoms with Gasteiger partial charge in [0.2, 0.25) is 0 Å². The fourth-order valence-electron chi connectivity index (χ4n) is 2.36. The molecule has 3 rings (SSSR count). The van der Waals surface area contributed by atoms with E-state index in [9.17, 15) is 9.90 Å².